The van der Waals surface area contributed by atoms with E-state index < -0.39 is 0 Å². The average molecular weight is 369 g/mol. The number of nitrogens with zero attached hydrogens (tertiary/aromatic N) is 2. The summed E-state index contributed by atoms with van der Waals surface area (Å²) in [5.74, 6) is 1.33. The molecule has 2 heterocycles. The summed E-state index contributed by atoms with van der Waals surface area (Å²) in [4.78, 5) is 4.23. The summed E-state index contributed by atoms with van der Waals surface area (Å²) in [5, 5.41) is 0.845. The van der Waals surface area contributed by atoms with Gasteiger partial charge in [-0.1, -0.05) is 71.6 Å². The molecule has 0 N–H and O–H groups in total. The maximum Gasteiger partial charge on any atom is 0.0946 e. The third kappa shape index (κ3) is 7.03. The second-order valence-electron chi connectivity index (χ2n) is 7.18. The van der Waals surface area contributed by atoms with Crippen molar-refractivity contribution in [2.24, 2.45) is 0 Å². The fourth-order valence-corrected chi connectivity index (χ4v) is 7.35. The second-order valence-corrected chi connectivity index (χ2v) is 10.5. The fourth-order valence-electron chi connectivity index (χ4n) is 3.47. The third-order valence-corrected chi connectivity index (χ3v) is 8.89. The maximum atomic E-state index is 4.23. The van der Waals surface area contributed by atoms with Crippen LogP contribution in [0.4, 0.5) is 0 Å². The number of rotatable bonds is 13. The van der Waals surface area contributed by atoms with Gasteiger partial charge in [-0.3, -0.25) is 0 Å². The molecule has 24 heavy (non-hydrogen) atoms. The van der Waals surface area contributed by atoms with Crippen LogP contribution in [0.2, 0.25) is 0 Å². The Bertz CT molecular complexity index is 421. The lowest BCUT2D eigenvalue weighted by atomic mass is 10.1. The van der Waals surface area contributed by atoms with Crippen LogP contribution in [0.1, 0.15) is 84.5 Å². The van der Waals surface area contributed by atoms with E-state index in [2.05, 4.69) is 53.1 Å². The van der Waals surface area contributed by atoms with Crippen LogP contribution in [-0.4, -0.2) is 24.6 Å². The van der Waals surface area contributed by atoms with Crippen LogP contribution in [0.15, 0.2) is 18.7 Å². The summed E-state index contributed by atoms with van der Waals surface area (Å²) in [6, 6.07) is 0. The van der Waals surface area contributed by atoms with Crippen molar-refractivity contribution in [3.8, 4) is 0 Å². The SMILES string of the molecule is CCCCCCCCCCCC1(Cn2ccnc2)SCC(CC)S1. The molecule has 0 bridgehead atoms. The van der Waals surface area contributed by atoms with Gasteiger partial charge in [-0.2, -0.15) is 0 Å². The minimum atomic E-state index is 0.391. The number of hydrogen-bond donors (Lipinski definition) is 0. The number of aromatic nitrogens is 2. The predicted molar refractivity (Wildman–Crippen MR) is 111 cm³/mol. The van der Waals surface area contributed by atoms with Gasteiger partial charge in [0.15, 0.2) is 0 Å². The Morgan fingerprint density at radius 3 is 2.33 bits per heavy atom. The molecule has 2 unspecified atom stereocenters. The Labute approximate surface area is 158 Å². The summed E-state index contributed by atoms with van der Waals surface area (Å²) < 4.78 is 2.67. The zero-order valence-electron chi connectivity index (χ0n) is 15.7. The molecule has 2 rings (SSSR count). The zero-order valence-corrected chi connectivity index (χ0v) is 17.3. The lowest BCUT2D eigenvalue weighted by Gasteiger charge is -2.28. The lowest BCUT2D eigenvalue weighted by Crippen LogP contribution is -2.24. The normalized spacial score (nSPS) is 23.8. The van der Waals surface area contributed by atoms with Gasteiger partial charge >= 0.3 is 0 Å². The van der Waals surface area contributed by atoms with Crippen molar-refractivity contribution >= 4 is 23.5 Å². The number of imidazole rings is 1. The Morgan fingerprint density at radius 2 is 1.75 bits per heavy atom. The topological polar surface area (TPSA) is 17.8 Å². The van der Waals surface area contributed by atoms with Crippen molar-refractivity contribution in [2.75, 3.05) is 5.75 Å². The van der Waals surface area contributed by atoms with E-state index in [1.807, 2.05) is 12.5 Å². The highest BCUT2D eigenvalue weighted by atomic mass is 32.2. The monoisotopic (exact) mass is 368 g/mol. The van der Waals surface area contributed by atoms with Gasteiger partial charge in [0.25, 0.3) is 0 Å². The molecule has 0 amide bonds. The molecule has 138 valence electrons. The van der Waals surface area contributed by atoms with Crippen LogP contribution in [0.25, 0.3) is 0 Å². The molecular weight excluding hydrogens is 332 g/mol. The molecule has 1 saturated heterocycles. The summed E-state index contributed by atoms with van der Waals surface area (Å²) in [6.07, 6.45) is 21.5. The molecule has 1 fully saturated rings. The van der Waals surface area contributed by atoms with Gasteiger partial charge in [0.05, 0.1) is 10.4 Å². The molecule has 0 spiro atoms. The van der Waals surface area contributed by atoms with E-state index in [4.69, 9.17) is 0 Å². The van der Waals surface area contributed by atoms with E-state index in [0.29, 0.717) is 4.08 Å². The second kappa shape index (κ2) is 11.5. The first-order chi connectivity index (χ1) is 11.8. The minimum Gasteiger partial charge on any atom is -0.335 e. The first-order valence-corrected chi connectivity index (χ1v) is 11.9. The quantitative estimate of drug-likeness (QED) is 0.358. The molecule has 1 aromatic rings. The third-order valence-electron chi connectivity index (χ3n) is 5.01. The number of hydrogen-bond acceptors (Lipinski definition) is 3. The summed E-state index contributed by atoms with van der Waals surface area (Å²) in [7, 11) is 0. The standard InChI is InChI=1S/C20H36N2S2/c1-3-5-6-7-8-9-10-11-12-13-20(17-22-15-14-21-18-22)23-16-19(4-2)24-20/h14-15,18-19H,3-13,16-17H2,1-2H3. The lowest BCUT2D eigenvalue weighted by molar-refractivity contribution is 0.524. The molecule has 0 aromatic carbocycles. The van der Waals surface area contributed by atoms with Gasteiger partial charge < -0.3 is 4.57 Å². The Balaban J connectivity index is 1.66. The van der Waals surface area contributed by atoms with Crippen LogP contribution in [0, 0.1) is 0 Å². The molecule has 0 aliphatic carbocycles. The van der Waals surface area contributed by atoms with Crippen LogP contribution in [-0.2, 0) is 6.54 Å². The highest BCUT2D eigenvalue weighted by Gasteiger charge is 2.39. The number of unbranched alkanes of at least 4 members (excludes halogenated alkanes) is 8. The predicted octanol–water partition coefficient (Wildman–Crippen LogP) is 6.76. The number of thioether (sulfide) groups is 2. The van der Waals surface area contributed by atoms with Crippen LogP contribution in [0.5, 0.6) is 0 Å². The van der Waals surface area contributed by atoms with Crippen molar-refractivity contribution in [3.63, 3.8) is 0 Å². The van der Waals surface area contributed by atoms with Gasteiger partial charge in [0, 0.05) is 29.9 Å². The van der Waals surface area contributed by atoms with Crippen LogP contribution >= 0.6 is 23.5 Å². The molecule has 1 aliphatic rings. The van der Waals surface area contributed by atoms with E-state index in [-0.39, 0.29) is 0 Å². The highest BCUT2D eigenvalue weighted by Crippen LogP contribution is 2.52. The molecule has 0 saturated carbocycles. The molecule has 1 aromatic heterocycles. The first-order valence-electron chi connectivity index (χ1n) is 10.1. The Morgan fingerprint density at radius 1 is 1.04 bits per heavy atom. The van der Waals surface area contributed by atoms with Gasteiger partial charge in [-0.15, -0.1) is 23.5 Å². The van der Waals surface area contributed by atoms with E-state index in [1.54, 1.807) is 0 Å². The summed E-state index contributed by atoms with van der Waals surface area (Å²) in [5.41, 5.74) is 0. The van der Waals surface area contributed by atoms with Crippen molar-refractivity contribution in [1.29, 1.82) is 0 Å². The Hall–Kier alpha value is -0.0900. The van der Waals surface area contributed by atoms with E-state index in [1.165, 1.54) is 76.4 Å². The molecule has 2 atom stereocenters. The van der Waals surface area contributed by atoms with Gasteiger partial charge in [0.2, 0.25) is 0 Å². The molecule has 0 radical (unpaired) electrons. The summed E-state index contributed by atoms with van der Waals surface area (Å²) in [6.45, 7) is 5.75. The smallest absolute Gasteiger partial charge is 0.0946 e. The van der Waals surface area contributed by atoms with Crippen molar-refractivity contribution in [2.45, 2.75) is 100 Å². The van der Waals surface area contributed by atoms with E-state index in [0.717, 1.165) is 11.8 Å². The minimum absolute atomic E-state index is 0.391. The van der Waals surface area contributed by atoms with Gasteiger partial charge in [-0.25, -0.2) is 4.98 Å². The zero-order chi connectivity index (χ0) is 17.1. The van der Waals surface area contributed by atoms with Gasteiger partial charge in [0.1, 0.15) is 0 Å². The van der Waals surface area contributed by atoms with Crippen LogP contribution in [0.3, 0.4) is 0 Å². The highest BCUT2D eigenvalue weighted by molar-refractivity contribution is 8.21. The Kier molecular flexibility index (Phi) is 9.70. The largest absolute Gasteiger partial charge is 0.335 e. The average Bonchev–Trinajstić information content (AvgIpc) is 3.24. The maximum absolute atomic E-state index is 4.23. The molecule has 2 nitrogen and oxygen atoms in total. The molecular formula is C20H36N2S2. The molecule has 1 aliphatic heterocycles. The van der Waals surface area contributed by atoms with Crippen molar-refractivity contribution in [3.05, 3.63) is 18.7 Å². The van der Waals surface area contributed by atoms with E-state index in [9.17, 15) is 0 Å². The first kappa shape index (κ1) is 20.2. The van der Waals surface area contributed by atoms with E-state index >= 15 is 0 Å². The summed E-state index contributed by atoms with van der Waals surface area (Å²) >= 11 is 4.46. The van der Waals surface area contributed by atoms with Gasteiger partial charge in [-0.05, 0) is 12.8 Å². The molecule has 4 heteroatoms. The van der Waals surface area contributed by atoms with Crippen molar-refractivity contribution in [1.82, 2.24) is 9.55 Å². The van der Waals surface area contributed by atoms with Crippen LogP contribution < -0.4 is 0 Å². The van der Waals surface area contributed by atoms with Crippen molar-refractivity contribution < 1.29 is 0 Å². The fraction of sp³-hybridized carbons (Fsp3) is 0.850.